The summed E-state index contributed by atoms with van der Waals surface area (Å²) in [5.74, 6) is -0.594. The van der Waals surface area contributed by atoms with Gasteiger partial charge in [0.05, 0.1) is 4.90 Å². The third-order valence-corrected chi connectivity index (χ3v) is 6.14. The lowest BCUT2D eigenvalue weighted by atomic mass is 9.98. The average molecular weight is 311 g/mol. The average Bonchev–Trinajstić information content (AvgIpc) is 2.42. The number of nitrogens with zero attached hydrogens (tertiary/aromatic N) is 1. The van der Waals surface area contributed by atoms with Crippen LogP contribution in [0.3, 0.4) is 0 Å². The zero-order valence-electron chi connectivity index (χ0n) is 12.3. The minimum Gasteiger partial charge on any atom is -0.399 e. The standard InChI is InChI=1S/C14H21N3O3S/c1-9-7-12(15)8-13(10(9)2)21(19,20)17-5-3-11(4-6-17)14(16)18/h7-8,11H,3-6,15H2,1-2H3,(H2,16,18). The predicted octanol–water partition coefficient (Wildman–Crippen LogP) is 0.772. The number of aryl methyl sites for hydroxylation is 1. The van der Waals surface area contributed by atoms with Crippen molar-refractivity contribution < 1.29 is 13.2 Å². The molecule has 0 spiro atoms. The topological polar surface area (TPSA) is 106 Å². The number of nitrogens with two attached hydrogens (primary N) is 2. The molecule has 116 valence electrons. The Bertz CT molecular complexity index is 662. The van der Waals surface area contributed by atoms with Crippen LogP contribution in [-0.2, 0) is 14.8 Å². The van der Waals surface area contributed by atoms with E-state index < -0.39 is 10.0 Å². The molecule has 1 aliphatic rings. The molecule has 2 rings (SSSR count). The molecule has 1 aliphatic heterocycles. The third-order valence-electron chi connectivity index (χ3n) is 4.12. The molecule has 21 heavy (non-hydrogen) atoms. The Morgan fingerprint density at radius 1 is 1.24 bits per heavy atom. The van der Waals surface area contributed by atoms with Gasteiger partial charge in [0.25, 0.3) is 0 Å². The van der Waals surface area contributed by atoms with Gasteiger partial charge in [-0.3, -0.25) is 4.79 Å². The van der Waals surface area contributed by atoms with E-state index >= 15 is 0 Å². The van der Waals surface area contributed by atoms with E-state index in [2.05, 4.69) is 0 Å². The molecule has 7 heteroatoms. The summed E-state index contributed by atoms with van der Waals surface area (Å²) in [5.41, 5.74) is 13.0. The van der Waals surface area contributed by atoms with Crippen LogP contribution in [0.2, 0.25) is 0 Å². The second-order valence-electron chi connectivity index (χ2n) is 5.54. The van der Waals surface area contributed by atoms with Gasteiger partial charge >= 0.3 is 0 Å². The van der Waals surface area contributed by atoms with E-state index in [-0.39, 0.29) is 16.7 Å². The lowest BCUT2D eigenvalue weighted by molar-refractivity contribution is -0.122. The zero-order chi connectivity index (χ0) is 15.8. The van der Waals surface area contributed by atoms with Crippen molar-refractivity contribution in [3.8, 4) is 0 Å². The van der Waals surface area contributed by atoms with Crippen LogP contribution in [0.5, 0.6) is 0 Å². The van der Waals surface area contributed by atoms with E-state index in [0.29, 0.717) is 37.2 Å². The Morgan fingerprint density at radius 2 is 1.81 bits per heavy atom. The number of sulfonamides is 1. The molecule has 0 radical (unpaired) electrons. The molecule has 4 N–H and O–H groups in total. The van der Waals surface area contributed by atoms with E-state index in [4.69, 9.17) is 11.5 Å². The molecule has 6 nitrogen and oxygen atoms in total. The molecular weight excluding hydrogens is 290 g/mol. The van der Waals surface area contributed by atoms with Crippen molar-refractivity contribution in [2.45, 2.75) is 31.6 Å². The van der Waals surface area contributed by atoms with Crippen LogP contribution in [0.1, 0.15) is 24.0 Å². The van der Waals surface area contributed by atoms with Gasteiger partial charge in [-0.05, 0) is 49.9 Å². The maximum Gasteiger partial charge on any atom is 0.243 e. The highest BCUT2D eigenvalue weighted by molar-refractivity contribution is 7.89. The van der Waals surface area contributed by atoms with Crippen molar-refractivity contribution in [1.82, 2.24) is 4.31 Å². The van der Waals surface area contributed by atoms with Gasteiger partial charge in [0, 0.05) is 24.7 Å². The highest BCUT2D eigenvalue weighted by Crippen LogP contribution is 2.28. The van der Waals surface area contributed by atoms with Crippen LogP contribution in [-0.4, -0.2) is 31.7 Å². The second-order valence-corrected chi connectivity index (χ2v) is 7.45. The number of piperidine rings is 1. The Balaban J connectivity index is 2.30. The van der Waals surface area contributed by atoms with Crippen LogP contribution >= 0.6 is 0 Å². The first-order valence-electron chi connectivity index (χ1n) is 6.89. The van der Waals surface area contributed by atoms with Crippen LogP contribution in [0.15, 0.2) is 17.0 Å². The summed E-state index contributed by atoms with van der Waals surface area (Å²) < 4.78 is 26.9. The number of anilines is 1. The number of carbonyl (C=O) groups is 1. The highest BCUT2D eigenvalue weighted by atomic mass is 32.2. The molecule has 0 saturated carbocycles. The van der Waals surface area contributed by atoms with Crippen molar-refractivity contribution in [3.05, 3.63) is 23.3 Å². The van der Waals surface area contributed by atoms with Crippen molar-refractivity contribution in [2.75, 3.05) is 18.8 Å². The fourth-order valence-corrected chi connectivity index (χ4v) is 4.44. The molecule has 0 bridgehead atoms. The molecule has 1 aromatic rings. The van der Waals surface area contributed by atoms with Gasteiger partial charge in [0.2, 0.25) is 15.9 Å². The zero-order valence-corrected chi connectivity index (χ0v) is 13.1. The minimum atomic E-state index is -3.59. The fraction of sp³-hybridized carbons (Fsp3) is 0.500. The Hall–Kier alpha value is -1.60. The maximum atomic E-state index is 12.7. The predicted molar refractivity (Wildman–Crippen MR) is 81.0 cm³/mol. The Kier molecular flexibility index (Phi) is 4.25. The van der Waals surface area contributed by atoms with Gasteiger partial charge in [-0.2, -0.15) is 4.31 Å². The van der Waals surface area contributed by atoms with Gasteiger partial charge < -0.3 is 11.5 Å². The van der Waals surface area contributed by atoms with Gasteiger partial charge in [-0.1, -0.05) is 0 Å². The van der Waals surface area contributed by atoms with E-state index in [1.54, 1.807) is 13.0 Å². The third kappa shape index (κ3) is 3.03. The molecule has 1 amide bonds. The maximum absolute atomic E-state index is 12.7. The highest BCUT2D eigenvalue weighted by Gasteiger charge is 2.32. The Morgan fingerprint density at radius 3 is 2.33 bits per heavy atom. The van der Waals surface area contributed by atoms with Crippen molar-refractivity contribution in [3.63, 3.8) is 0 Å². The van der Waals surface area contributed by atoms with E-state index in [0.717, 1.165) is 5.56 Å². The monoisotopic (exact) mass is 311 g/mol. The fourth-order valence-electron chi connectivity index (χ4n) is 2.64. The second kappa shape index (κ2) is 5.65. The quantitative estimate of drug-likeness (QED) is 0.804. The first-order valence-corrected chi connectivity index (χ1v) is 8.33. The largest absolute Gasteiger partial charge is 0.399 e. The normalized spacial score (nSPS) is 17.8. The van der Waals surface area contributed by atoms with Gasteiger partial charge in [0.15, 0.2) is 0 Å². The van der Waals surface area contributed by atoms with Crippen molar-refractivity contribution in [1.29, 1.82) is 0 Å². The number of rotatable bonds is 3. The first kappa shape index (κ1) is 15.8. The Labute approximate surface area is 125 Å². The van der Waals surface area contributed by atoms with Crippen LogP contribution < -0.4 is 11.5 Å². The number of benzene rings is 1. The van der Waals surface area contributed by atoms with Crippen molar-refractivity contribution in [2.24, 2.45) is 11.7 Å². The lowest BCUT2D eigenvalue weighted by Gasteiger charge is -2.30. The molecule has 0 atom stereocenters. The lowest BCUT2D eigenvalue weighted by Crippen LogP contribution is -2.41. The van der Waals surface area contributed by atoms with Crippen molar-refractivity contribution >= 4 is 21.6 Å². The molecule has 0 aliphatic carbocycles. The van der Waals surface area contributed by atoms with E-state index in [1.807, 2.05) is 6.92 Å². The number of hydrogen-bond acceptors (Lipinski definition) is 4. The number of amides is 1. The summed E-state index contributed by atoms with van der Waals surface area (Å²) >= 11 is 0. The van der Waals surface area contributed by atoms with E-state index in [9.17, 15) is 13.2 Å². The van der Waals surface area contributed by atoms with Gasteiger partial charge in [-0.25, -0.2) is 8.42 Å². The summed E-state index contributed by atoms with van der Waals surface area (Å²) in [6.45, 7) is 4.23. The number of primary amides is 1. The summed E-state index contributed by atoms with van der Waals surface area (Å²) in [5, 5.41) is 0. The summed E-state index contributed by atoms with van der Waals surface area (Å²) in [7, 11) is -3.59. The number of hydrogen-bond donors (Lipinski definition) is 2. The molecule has 1 fully saturated rings. The van der Waals surface area contributed by atoms with Gasteiger partial charge in [0.1, 0.15) is 0 Å². The SMILES string of the molecule is Cc1cc(N)cc(S(=O)(=O)N2CCC(C(N)=O)CC2)c1C. The van der Waals surface area contributed by atoms with E-state index in [1.165, 1.54) is 10.4 Å². The molecule has 1 aromatic carbocycles. The van der Waals surface area contributed by atoms with Crippen LogP contribution in [0.4, 0.5) is 5.69 Å². The summed E-state index contributed by atoms with van der Waals surface area (Å²) in [6.07, 6.45) is 0.934. The minimum absolute atomic E-state index is 0.236. The van der Waals surface area contributed by atoms with Crippen LogP contribution in [0, 0.1) is 19.8 Å². The van der Waals surface area contributed by atoms with Gasteiger partial charge in [-0.15, -0.1) is 0 Å². The summed E-state index contributed by atoms with van der Waals surface area (Å²) in [6, 6.07) is 3.26. The molecule has 1 heterocycles. The smallest absolute Gasteiger partial charge is 0.243 e. The first-order chi connectivity index (χ1) is 9.73. The number of nitrogen functional groups attached to an aromatic ring is 1. The molecular formula is C14H21N3O3S. The molecule has 0 unspecified atom stereocenters. The molecule has 0 aromatic heterocycles. The summed E-state index contributed by atoms with van der Waals surface area (Å²) in [4.78, 5) is 11.4. The van der Waals surface area contributed by atoms with Crippen LogP contribution in [0.25, 0.3) is 0 Å². The number of carbonyl (C=O) groups excluding carboxylic acids is 1. The molecule has 1 saturated heterocycles.